The minimum absolute atomic E-state index is 0.0401. The van der Waals surface area contributed by atoms with Gasteiger partial charge in [-0.3, -0.25) is 14.4 Å². The first kappa shape index (κ1) is 11.0. The Hall–Kier alpha value is -1.50. The summed E-state index contributed by atoms with van der Waals surface area (Å²) >= 11 is 4.22. The number of aromatic nitrogens is 2. The Morgan fingerprint density at radius 3 is 2.88 bits per heavy atom. The van der Waals surface area contributed by atoms with Crippen molar-refractivity contribution < 1.29 is 14.7 Å². The molecule has 1 saturated heterocycles. The van der Waals surface area contributed by atoms with Gasteiger partial charge in [0.25, 0.3) is 0 Å². The lowest BCUT2D eigenvalue weighted by atomic mass is 10.3. The van der Waals surface area contributed by atoms with Crippen LogP contribution in [-0.4, -0.2) is 38.6 Å². The van der Waals surface area contributed by atoms with Crippen LogP contribution in [0.25, 0.3) is 0 Å². The van der Waals surface area contributed by atoms with Crippen LogP contribution in [0.4, 0.5) is 5.82 Å². The number of carboxylic acids is 1. The minimum Gasteiger partial charge on any atom is -0.477 e. The number of thiol groups is 1. The average molecular weight is 241 g/mol. The van der Waals surface area contributed by atoms with Gasteiger partial charge in [-0.15, -0.1) is 0 Å². The number of hydrogen-bond acceptors (Lipinski definition) is 4. The van der Waals surface area contributed by atoms with E-state index in [0.29, 0.717) is 18.8 Å². The second-order valence-corrected chi connectivity index (χ2v) is 4.40. The Labute approximate surface area is 97.3 Å². The molecular formula is C9H11N3O3S. The molecular weight excluding hydrogens is 230 g/mol. The summed E-state index contributed by atoms with van der Waals surface area (Å²) in [5, 5.41) is 12.8. The smallest absolute Gasteiger partial charge is 0.341 e. The van der Waals surface area contributed by atoms with Crippen LogP contribution in [-0.2, 0) is 11.8 Å². The molecule has 1 unspecified atom stereocenters. The van der Waals surface area contributed by atoms with Crippen molar-refractivity contribution in [1.29, 1.82) is 0 Å². The summed E-state index contributed by atoms with van der Waals surface area (Å²) in [7, 11) is 1.61. The highest BCUT2D eigenvalue weighted by Gasteiger charge is 2.33. The summed E-state index contributed by atoms with van der Waals surface area (Å²) in [5.41, 5.74) is 0.0401. The topological polar surface area (TPSA) is 75.4 Å². The number of anilines is 1. The lowest BCUT2D eigenvalue weighted by Crippen LogP contribution is -2.28. The lowest BCUT2D eigenvalue weighted by molar-refractivity contribution is -0.117. The van der Waals surface area contributed by atoms with Gasteiger partial charge in [-0.05, 0) is 0 Å². The van der Waals surface area contributed by atoms with Crippen LogP contribution in [0.1, 0.15) is 16.8 Å². The standard InChI is InChI=1S/C9H11N3O3S/c1-11-8(6(3-10-11)9(14)15)12-4-5(16)2-7(12)13/h3,5,16H,2,4H2,1H3,(H,14,15). The predicted octanol–water partition coefficient (Wildman–Crippen LogP) is 0.153. The quantitative estimate of drug-likeness (QED) is 0.723. The molecule has 0 spiro atoms. The summed E-state index contributed by atoms with van der Waals surface area (Å²) in [4.78, 5) is 24.0. The van der Waals surface area contributed by atoms with Crippen LogP contribution in [0.15, 0.2) is 6.20 Å². The molecule has 7 heteroatoms. The van der Waals surface area contributed by atoms with Crippen LogP contribution < -0.4 is 4.90 Å². The number of aryl methyl sites for hydroxylation is 1. The third-order valence-electron chi connectivity index (χ3n) is 2.50. The third kappa shape index (κ3) is 1.67. The molecule has 0 aliphatic carbocycles. The lowest BCUT2D eigenvalue weighted by Gasteiger charge is -2.16. The third-order valence-corrected chi connectivity index (χ3v) is 2.84. The van der Waals surface area contributed by atoms with E-state index in [-0.39, 0.29) is 16.7 Å². The highest BCUT2D eigenvalue weighted by molar-refractivity contribution is 7.81. The molecule has 1 aromatic heterocycles. The fourth-order valence-corrected chi connectivity index (χ4v) is 2.11. The maximum Gasteiger partial charge on any atom is 0.341 e. The molecule has 0 radical (unpaired) electrons. The summed E-state index contributed by atoms with van der Waals surface area (Å²) in [6.45, 7) is 0.418. The van der Waals surface area contributed by atoms with Gasteiger partial charge in [0.2, 0.25) is 5.91 Å². The number of carboxylic acid groups (broad SMARTS) is 1. The molecule has 86 valence electrons. The van der Waals surface area contributed by atoms with E-state index in [1.807, 2.05) is 0 Å². The van der Waals surface area contributed by atoms with Crippen LogP contribution >= 0.6 is 12.6 Å². The van der Waals surface area contributed by atoms with Crippen molar-refractivity contribution in [3.63, 3.8) is 0 Å². The monoisotopic (exact) mass is 241 g/mol. The molecule has 2 heterocycles. The van der Waals surface area contributed by atoms with E-state index in [4.69, 9.17) is 5.11 Å². The number of rotatable bonds is 2. The molecule has 0 saturated carbocycles. The maximum absolute atomic E-state index is 11.7. The normalized spacial score (nSPS) is 20.5. The number of carbonyl (C=O) groups excluding carboxylic acids is 1. The SMILES string of the molecule is Cn1ncc(C(=O)O)c1N1CC(S)CC1=O. The summed E-state index contributed by atoms with van der Waals surface area (Å²) < 4.78 is 1.40. The molecule has 1 fully saturated rings. The van der Waals surface area contributed by atoms with Gasteiger partial charge in [0, 0.05) is 25.3 Å². The van der Waals surface area contributed by atoms with E-state index in [1.165, 1.54) is 15.8 Å². The Morgan fingerprint density at radius 2 is 2.38 bits per heavy atom. The highest BCUT2D eigenvalue weighted by Crippen LogP contribution is 2.26. The summed E-state index contributed by atoms with van der Waals surface area (Å²) in [5.74, 6) is -0.876. The van der Waals surface area contributed by atoms with E-state index in [2.05, 4.69) is 17.7 Å². The van der Waals surface area contributed by atoms with Gasteiger partial charge in [0.05, 0.1) is 6.20 Å². The molecule has 2 rings (SSSR count). The Morgan fingerprint density at radius 1 is 1.69 bits per heavy atom. The van der Waals surface area contributed by atoms with Crippen LogP contribution in [0, 0.1) is 0 Å². The zero-order chi connectivity index (χ0) is 11.9. The maximum atomic E-state index is 11.7. The molecule has 0 bridgehead atoms. The fourth-order valence-electron chi connectivity index (χ4n) is 1.80. The Balaban J connectivity index is 2.43. The molecule has 1 aromatic rings. The number of aromatic carboxylic acids is 1. The number of carbonyl (C=O) groups is 2. The van der Waals surface area contributed by atoms with Crippen molar-refractivity contribution in [3.8, 4) is 0 Å². The predicted molar refractivity (Wildman–Crippen MR) is 59.9 cm³/mol. The molecule has 16 heavy (non-hydrogen) atoms. The summed E-state index contributed by atoms with van der Waals surface area (Å²) in [6.07, 6.45) is 1.57. The van der Waals surface area contributed by atoms with E-state index < -0.39 is 5.97 Å². The second kappa shape index (κ2) is 3.82. The molecule has 6 nitrogen and oxygen atoms in total. The van der Waals surface area contributed by atoms with Gasteiger partial charge >= 0.3 is 5.97 Å². The van der Waals surface area contributed by atoms with Gasteiger partial charge in [0.1, 0.15) is 11.4 Å². The first-order chi connectivity index (χ1) is 7.50. The zero-order valence-electron chi connectivity index (χ0n) is 8.62. The first-order valence-corrected chi connectivity index (χ1v) is 5.26. The van der Waals surface area contributed by atoms with Crippen molar-refractivity contribution in [2.45, 2.75) is 11.7 Å². The van der Waals surface area contributed by atoms with Crippen molar-refractivity contribution in [3.05, 3.63) is 11.8 Å². The number of nitrogens with zero attached hydrogens (tertiary/aromatic N) is 3. The Bertz CT molecular complexity index is 457. The van der Waals surface area contributed by atoms with Crippen molar-refractivity contribution >= 4 is 30.3 Å². The van der Waals surface area contributed by atoms with E-state index in [9.17, 15) is 9.59 Å². The average Bonchev–Trinajstić information content (AvgIpc) is 2.69. The van der Waals surface area contributed by atoms with Gasteiger partial charge in [0.15, 0.2) is 0 Å². The molecule has 1 aliphatic heterocycles. The molecule has 0 aromatic carbocycles. The number of hydrogen-bond donors (Lipinski definition) is 2. The molecule has 1 atom stereocenters. The summed E-state index contributed by atoms with van der Waals surface area (Å²) in [6, 6.07) is 0. The zero-order valence-corrected chi connectivity index (χ0v) is 9.52. The van der Waals surface area contributed by atoms with E-state index in [1.54, 1.807) is 7.05 Å². The largest absolute Gasteiger partial charge is 0.477 e. The van der Waals surface area contributed by atoms with Gasteiger partial charge in [-0.1, -0.05) is 0 Å². The molecule has 1 amide bonds. The first-order valence-electron chi connectivity index (χ1n) is 4.74. The van der Waals surface area contributed by atoms with Crippen LogP contribution in [0.2, 0.25) is 0 Å². The Kier molecular flexibility index (Phi) is 2.63. The van der Waals surface area contributed by atoms with Crippen LogP contribution in [0.3, 0.4) is 0 Å². The fraction of sp³-hybridized carbons (Fsp3) is 0.444. The van der Waals surface area contributed by atoms with Gasteiger partial charge in [-0.2, -0.15) is 17.7 Å². The van der Waals surface area contributed by atoms with Gasteiger partial charge in [-0.25, -0.2) is 4.79 Å². The second-order valence-electron chi connectivity index (χ2n) is 3.67. The van der Waals surface area contributed by atoms with Crippen molar-refractivity contribution in [2.75, 3.05) is 11.4 Å². The van der Waals surface area contributed by atoms with E-state index >= 15 is 0 Å². The highest BCUT2D eigenvalue weighted by atomic mass is 32.1. The minimum atomic E-state index is -1.08. The van der Waals surface area contributed by atoms with Gasteiger partial charge < -0.3 is 5.11 Å². The number of amides is 1. The van der Waals surface area contributed by atoms with Crippen molar-refractivity contribution in [2.24, 2.45) is 7.05 Å². The van der Waals surface area contributed by atoms with E-state index in [0.717, 1.165) is 0 Å². The van der Waals surface area contributed by atoms with Crippen LogP contribution in [0.5, 0.6) is 0 Å². The van der Waals surface area contributed by atoms with Crippen molar-refractivity contribution in [1.82, 2.24) is 9.78 Å². The molecule has 1 N–H and O–H groups in total. The molecule has 1 aliphatic rings.